The summed E-state index contributed by atoms with van der Waals surface area (Å²) in [6, 6.07) is 18.7. The van der Waals surface area contributed by atoms with Crippen LogP contribution in [0.15, 0.2) is 66.9 Å². The van der Waals surface area contributed by atoms with Gasteiger partial charge in [-0.3, -0.25) is 4.79 Å². The number of carbonyl (C=O) groups is 1. The second-order valence-corrected chi connectivity index (χ2v) is 6.17. The molecule has 3 rings (SSSR count). The Balaban J connectivity index is 1.58. The zero-order valence-electron chi connectivity index (χ0n) is 13.8. The second-order valence-electron chi connectivity index (χ2n) is 5.74. The summed E-state index contributed by atoms with van der Waals surface area (Å²) in [5, 5.41) is 6.68. The molecule has 0 atom stereocenters. The van der Waals surface area contributed by atoms with E-state index in [1.165, 1.54) is 11.1 Å². The molecule has 0 aliphatic carbocycles. The van der Waals surface area contributed by atoms with Crippen LogP contribution in [-0.2, 0) is 6.54 Å². The molecule has 0 radical (unpaired) electrons. The summed E-state index contributed by atoms with van der Waals surface area (Å²) < 4.78 is 0. The number of anilines is 2. The Morgan fingerprint density at radius 2 is 1.88 bits per heavy atom. The van der Waals surface area contributed by atoms with E-state index < -0.39 is 0 Å². The normalized spacial score (nSPS) is 10.3. The van der Waals surface area contributed by atoms with Gasteiger partial charge in [-0.15, -0.1) is 0 Å². The summed E-state index contributed by atoms with van der Waals surface area (Å²) in [6.07, 6.45) is 1.63. The lowest BCUT2D eigenvalue weighted by Gasteiger charge is -2.08. The molecule has 126 valence electrons. The van der Waals surface area contributed by atoms with E-state index >= 15 is 0 Å². The first kappa shape index (κ1) is 17.0. The second kappa shape index (κ2) is 7.81. The number of hydrogen-bond acceptors (Lipinski definition) is 3. The van der Waals surface area contributed by atoms with Gasteiger partial charge in [-0.2, -0.15) is 0 Å². The SMILES string of the molecule is Cc1cccc(CNc2ccc(NC(=O)c3ccc(Cl)cc3)cn2)c1. The van der Waals surface area contributed by atoms with Crippen molar-refractivity contribution in [1.82, 2.24) is 4.98 Å². The maximum atomic E-state index is 12.2. The predicted molar refractivity (Wildman–Crippen MR) is 102 cm³/mol. The molecule has 0 aliphatic rings. The molecule has 25 heavy (non-hydrogen) atoms. The van der Waals surface area contributed by atoms with Gasteiger partial charge in [-0.05, 0) is 48.9 Å². The van der Waals surface area contributed by atoms with Crippen LogP contribution in [0.1, 0.15) is 21.5 Å². The average Bonchev–Trinajstić information content (AvgIpc) is 2.62. The van der Waals surface area contributed by atoms with Crippen molar-refractivity contribution >= 4 is 29.0 Å². The molecule has 0 spiro atoms. The molecule has 0 aliphatic heterocycles. The quantitative estimate of drug-likeness (QED) is 0.686. The van der Waals surface area contributed by atoms with Crippen molar-refractivity contribution in [2.45, 2.75) is 13.5 Å². The van der Waals surface area contributed by atoms with Crippen LogP contribution in [0, 0.1) is 6.92 Å². The van der Waals surface area contributed by atoms with Gasteiger partial charge in [0.2, 0.25) is 0 Å². The summed E-state index contributed by atoms with van der Waals surface area (Å²) in [4.78, 5) is 16.5. The summed E-state index contributed by atoms with van der Waals surface area (Å²) in [7, 11) is 0. The van der Waals surface area contributed by atoms with Gasteiger partial charge in [0.25, 0.3) is 5.91 Å². The van der Waals surface area contributed by atoms with Crippen LogP contribution < -0.4 is 10.6 Å². The highest BCUT2D eigenvalue weighted by molar-refractivity contribution is 6.30. The van der Waals surface area contributed by atoms with E-state index in [1.54, 1.807) is 30.5 Å². The van der Waals surface area contributed by atoms with Gasteiger partial charge in [0.15, 0.2) is 0 Å². The van der Waals surface area contributed by atoms with Crippen molar-refractivity contribution in [3.63, 3.8) is 0 Å². The molecular formula is C20H18ClN3O. The number of rotatable bonds is 5. The zero-order valence-corrected chi connectivity index (χ0v) is 14.5. The monoisotopic (exact) mass is 351 g/mol. The van der Waals surface area contributed by atoms with Crippen molar-refractivity contribution < 1.29 is 4.79 Å². The fourth-order valence-corrected chi connectivity index (χ4v) is 2.52. The lowest BCUT2D eigenvalue weighted by Crippen LogP contribution is -2.12. The van der Waals surface area contributed by atoms with E-state index in [0.717, 1.165) is 5.82 Å². The number of hydrogen-bond donors (Lipinski definition) is 2. The molecule has 0 saturated carbocycles. The zero-order chi connectivity index (χ0) is 17.6. The Kier molecular flexibility index (Phi) is 5.31. The topological polar surface area (TPSA) is 54.0 Å². The summed E-state index contributed by atoms with van der Waals surface area (Å²) in [6.45, 7) is 2.77. The molecule has 1 heterocycles. The Morgan fingerprint density at radius 1 is 1.08 bits per heavy atom. The molecular weight excluding hydrogens is 334 g/mol. The van der Waals surface area contributed by atoms with Crippen molar-refractivity contribution in [2.75, 3.05) is 10.6 Å². The van der Waals surface area contributed by atoms with Crippen LogP contribution in [0.5, 0.6) is 0 Å². The number of halogens is 1. The Labute approximate surface area is 151 Å². The molecule has 0 saturated heterocycles. The van der Waals surface area contributed by atoms with E-state index in [4.69, 9.17) is 11.6 Å². The lowest BCUT2D eigenvalue weighted by molar-refractivity contribution is 0.102. The first-order valence-electron chi connectivity index (χ1n) is 7.92. The van der Waals surface area contributed by atoms with Crippen LogP contribution in [0.4, 0.5) is 11.5 Å². The van der Waals surface area contributed by atoms with Crippen molar-refractivity contribution in [1.29, 1.82) is 0 Å². The maximum absolute atomic E-state index is 12.2. The van der Waals surface area contributed by atoms with E-state index in [0.29, 0.717) is 22.8 Å². The average molecular weight is 352 g/mol. The summed E-state index contributed by atoms with van der Waals surface area (Å²) >= 11 is 5.83. The molecule has 0 bridgehead atoms. The number of aromatic nitrogens is 1. The van der Waals surface area contributed by atoms with E-state index in [1.807, 2.05) is 18.2 Å². The van der Waals surface area contributed by atoms with Gasteiger partial charge in [-0.1, -0.05) is 41.4 Å². The fourth-order valence-electron chi connectivity index (χ4n) is 2.39. The minimum atomic E-state index is -0.195. The number of carbonyl (C=O) groups excluding carboxylic acids is 1. The first-order chi connectivity index (χ1) is 12.1. The smallest absolute Gasteiger partial charge is 0.255 e. The third-order valence-corrected chi connectivity index (χ3v) is 3.94. The maximum Gasteiger partial charge on any atom is 0.255 e. The van der Waals surface area contributed by atoms with Gasteiger partial charge >= 0.3 is 0 Å². The largest absolute Gasteiger partial charge is 0.366 e. The van der Waals surface area contributed by atoms with Crippen molar-refractivity contribution in [2.24, 2.45) is 0 Å². The van der Waals surface area contributed by atoms with Gasteiger partial charge in [0.05, 0.1) is 11.9 Å². The Bertz CT molecular complexity index is 861. The van der Waals surface area contributed by atoms with Gasteiger partial charge < -0.3 is 10.6 Å². The van der Waals surface area contributed by atoms with E-state index in [9.17, 15) is 4.79 Å². The van der Waals surface area contributed by atoms with Crippen LogP contribution in [0.2, 0.25) is 5.02 Å². The highest BCUT2D eigenvalue weighted by Crippen LogP contribution is 2.14. The van der Waals surface area contributed by atoms with Crippen LogP contribution in [0.25, 0.3) is 0 Å². The van der Waals surface area contributed by atoms with Gasteiger partial charge in [0, 0.05) is 17.1 Å². The highest BCUT2D eigenvalue weighted by Gasteiger charge is 2.06. The number of benzene rings is 2. The fraction of sp³-hybridized carbons (Fsp3) is 0.100. The lowest BCUT2D eigenvalue weighted by atomic mass is 10.1. The molecule has 0 unspecified atom stereocenters. The molecule has 1 amide bonds. The highest BCUT2D eigenvalue weighted by atomic mass is 35.5. The van der Waals surface area contributed by atoms with Crippen LogP contribution in [0.3, 0.4) is 0 Å². The summed E-state index contributed by atoms with van der Waals surface area (Å²) in [5.41, 5.74) is 3.61. The minimum absolute atomic E-state index is 0.195. The molecule has 2 aromatic carbocycles. The molecule has 1 aromatic heterocycles. The molecule has 2 N–H and O–H groups in total. The molecule has 5 heteroatoms. The molecule has 3 aromatic rings. The number of aryl methyl sites for hydroxylation is 1. The number of nitrogens with one attached hydrogen (secondary N) is 2. The van der Waals surface area contributed by atoms with Gasteiger partial charge in [-0.25, -0.2) is 4.98 Å². The number of pyridine rings is 1. The number of amides is 1. The molecule has 4 nitrogen and oxygen atoms in total. The summed E-state index contributed by atoms with van der Waals surface area (Å²) in [5.74, 6) is 0.560. The Hall–Kier alpha value is -2.85. The van der Waals surface area contributed by atoms with Crippen molar-refractivity contribution in [3.05, 3.63) is 88.6 Å². The Morgan fingerprint density at radius 3 is 2.56 bits per heavy atom. The predicted octanol–water partition coefficient (Wildman–Crippen LogP) is 4.91. The minimum Gasteiger partial charge on any atom is -0.366 e. The molecule has 0 fully saturated rings. The van der Waals surface area contributed by atoms with E-state index in [-0.39, 0.29) is 5.91 Å². The van der Waals surface area contributed by atoms with Crippen LogP contribution in [-0.4, -0.2) is 10.9 Å². The standard InChI is InChI=1S/C20H18ClN3O/c1-14-3-2-4-15(11-14)12-22-19-10-9-18(13-23-19)24-20(25)16-5-7-17(21)8-6-16/h2-11,13H,12H2,1H3,(H,22,23)(H,24,25). The first-order valence-corrected chi connectivity index (χ1v) is 8.30. The van der Waals surface area contributed by atoms with Crippen LogP contribution >= 0.6 is 11.6 Å². The van der Waals surface area contributed by atoms with E-state index in [2.05, 4.69) is 40.7 Å². The van der Waals surface area contributed by atoms with Crippen molar-refractivity contribution in [3.8, 4) is 0 Å². The number of nitrogens with zero attached hydrogens (tertiary/aromatic N) is 1. The third-order valence-electron chi connectivity index (χ3n) is 3.68. The van der Waals surface area contributed by atoms with Gasteiger partial charge in [0.1, 0.15) is 5.82 Å². The third kappa shape index (κ3) is 4.81.